The first-order valence-electron chi connectivity index (χ1n) is 23.1. The van der Waals surface area contributed by atoms with Gasteiger partial charge >= 0.3 is 0 Å². The van der Waals surface area contributed by atoms with Gasteiger partial charge in [-0.25, -0.2) is 0 Å². The van der Waals surface area contributed by atoms with Gasteiger partial charge in [-0.15, -0.1) is 11.3 Å². The first kappa shape index (κ1) is 39.1. The van der Waals surface area contributed by atoms with Crippen LogP contribution in [0.25, 0.3) is 75.5 Å². The predicted molar refractivity (Wildman–Crippen MR) is 285 cm³/mol. The van der Waals surface area contributed by atoms with Gasteiger partial charge in [-0.3, -0.25) is 0 Å². The van der Waals surface area contributed by atoms with E-state index >= 15 is 0 Å². The van der Waals surface area contributed by atoms with Gasteiger partial charge < -0.3 is 4.90 Å². The van der Waals surface area contributed by atoms with Crippen molar-refractivity contribution in [3.8, 4) is 44.5 Å². The molecule has 0 spiro atoms. The number of fused-ring (bicyclic) bond motifs is 8. The molecular formula is C65H43NS. The van der Waals surface area contributed by atoms with E-state index in [1.807, 2.05) is 11.3 Å². The van der Waals surface area contributed by atoms with Crippen molar-refractivity contribution in [1.82, 2.24) is 0 Å². The largest absolute Gasteiger partial charge is 0.310 e. The monoisotopic (exact) mass is 869 g/mol. The maximum atomic E-state index is 2.49. The molecule has 11 aromatic carbocycles. The van der Waals surface area contributed by atoms with Gasteiger partial charge in [-0.2, -0.15) is 0 Å². The Kier molecular flexibility index (Phi) is 9.33. The van der Waals surface area contributed by atoms with Crippen LogP contribution in [-0.2, 0) is 5.41 Å². The molecule has 0 unspecified atom stereocenters. The Balaban J connectivity index is 1.05. The highest BCUT2D eigenvalue weighted by molar-refractivity contribution is 7.26. The van der Waals surface area contributed by atoms with E-state index in [2.05, 4.69) is 266 Å². The molecule has 0 aliphatic heterocycles. The number of nitrogens with zero attached hydrogens (tertiary/aromatic N) is 1. The van der Waals surface area contributed by atoms with Crippen molar-refractivity contribution >= 4 is 59.3 Å². The SMILES string of the molecule is c1ccc(-c2ccc(N(c3ccc(-c4cccc5c4sc4ccccc45)cc3)c3ccc4c(c3)C(c3ccccc3)(c3ccccc3)c3c-4cc(-c4ccccc4)c4ccccc34)cc2)cc1. The number of thiophene rings is 1. The fourth-order valence-corrected chi connectivity index (χ4v) is 12.2. The summed E-state index contributed by atoms with van der Waals surface area (Å²) in [5.41, 5.74) is 17.6. The number of benzene rings is 11. The van der Waals surface area contributed by atoms with Crippen molar-refractivity contribution in [3.63, 3.8) is 0 Å². The first-order valence-corrected chi connectivity index (χ1v) is 23.9. The van der Waals surface area contributed by atoms with Gasteiger partial charge in [-0.1, -0.05) is 212 Å². The Morgan fingerprint density at radius 3 is 1.45 bits per heavy atom. The van der Waals surface area contributed by atoms with Crippen LogP contribution in [0.3, 0.4) is 0 Å². The predicted octanol–water partition coefficient (Wildman–Crippen LogP) is 18.0. The lowest BCUT2D eigenvalue weighted by atomic mass is 9.66. The van der Waals surface area contributed by atoms with Gasteiger partial charge in [0.25, 0.3) is 0 Å². The third-order valence-electron chi connectivity index (χ3n) is 13.9. The normalized spacial score (nSPS) is 12.6. The van der Waals surface area contributed by atoms with Gasteiger partial charge in [0.2, 0.25) is 0 Å². The minimum atomic E-state index is -0.617. The van der Waals surface area contributed by atoms with Crippen LogP contribution in [0, 0.1) is 0 Å². The molecule has 0 atom stereocenters. The van der Waals surface area contributed by atoms with Crippen molar-refractivity contribution in [1.29, 1.82) is 0 Å². The highest BCUT2D eigenvalue weighted by Gasteiger charge is 2.48. The molecule has 0 saturated carbocycles. The van der Waals surface area contributed by atoms with E-state index in [1.54, 1.807) is 0 Å². The van der Waals surface area contributed by atoms with E-state index in [0.29, 0.717) is 0 Å². The highest BCUT2D eigenvalue weighted by atomic mass is 32.1. The Bertz CT molecular complexity index is 3720. The zero-order valence-corrected chi connectivity index (χ0v) is 37.5. The summed E-state index contributed by atoms with van der Waals surface area (Å²) in [4.78, 5) is 2.44. The lowest BCUT2D eigenvalue weighted by Gasteiger charge is -2.35. The second kappa shape index (κ2) is 16.0. The van der Waals surface area contributed by atoms with Crippen LogP contribution in [0.2, 0.25) is 0 Å². The van der Waals surface area contributed by atoms with Crippen molar-refractivity contribution in [2.45, 2.75) is 5.41 Å². The van der Waals surface area contributed by atoms with E-state index < -0.39 is 5.41 Å². The zero-order valence-electron chi connectivity index (χ0n) is 36.7. The summed E-state index contributed by atoms with van der Waals surface area (Å²) in [5, 5.41) is 5.15. The first-order chi connectivity index (χ1) is 33.2. The molecule has 0 N–H and O–H groups in total. The molecule has 1 heterocycles. The molecule has 0 fully saturated rings. The van der Waals surface area contributed by atoms with Gasteiger partial charge in [0, 0.05) is 37.2 Å². The summed E-state index contributed by atoms with van der Waals surface area (Å²) in [6, 6.07) is 96.4. The van der Waals surface area contributed by atoms with Crippen LogP contribution in [0.4, 0.5) is 17.1 Å². The molecule has 0 saturated heterocycles. The average Bonchev–Trinajstić information content (AvgIpc) is 3.94. The summed E-state index contributed by atoms with van der Waals surface area (Å²) in [7, 11) is 0. The van der Waals surface area contributed by atoms with E-state index in [1.165, 1.54) is 97.7 Å². The van der Waals surface area contributed by atoms with Crippen molar-refractivity contribution in [3.05, 3.63) is 283 Å². The fraction of sp³-hybridized carbons (Fsp3) is 0.0154. The quantitative estimate of drug-likeness (QED) is 0.147. The Hall–Kier alpha value is -8.30. The molecule has 0 radical (unpaired) electrons. The van der Waals surface area contributed by atoms with Crippen LogP contribution in [0.1, 0.15) is 22.3 Å². The number of hydrogen-bond acceptors (Lipinski definition) is 2. The number of anilines is 3. The van der Waals surface area contributed by atoms with E-state index in [0.717, 1.165) is 17.1 Å². The third-order valence-corrected chi connectivity index (χ3v) is 15.2. The minimum absolute atomic E-state index is 0.617. The molecular weight excluding hydrogens is 827 g/mol. The van der Waals surface area contributed by atoms with Gasteiger partial charge in [0.05, 0.1) is 5.41 Å². The second-order valence-electron chi connectivity index (χ2n) is 17.5. The highest BCUT2D eigenvalue weighted by Crippen LogP contribution is 2.60. The lowest BCUT2D eigenvalue weighted by Crippen LogP contribution is -2.29. The van der Waals surface area contributed by atoms with E-state index in [9.17, 15) is 0 Å². The maximum absolute atomic E-state index is 2.49. The Labute approximate surface area is 395 Å². The molecule has 1 aliphatic rings. The number of rotatable bonds is 8. The van der Waals surface area contributed by atoms with Crippen LogP contribution in [0.5, 0.6) is 0 Å². The molecule has 0 amide bonds. The summed E-state index contributed by atoms with van der Waals surface area (Å²) in [6.07, 6.45) is 0. The third kappa shape index (κ3) is 6.29. The topological polar surface area (TPSA) is 3.24 Å². The average molecular weight is 870 g/mol. The minimum Gasteiger partial charge on any atom is -0.310 e. The summed E-state index contributed by atoms with van der Waals surface area (Å²) in [6.45, 7) is 0. The van der Waals surface area contributed by atoms with Gasteiger partial charge in [0.15, 0.2) is 0 Å². The summed E-state index contributed by atoms with van der Waals surface area (Å²) < 4.78 is 2.64. The zero-order chi connectivity index (χ0) is 44.3. The molecule has 0 bridgehead atoms. The van der Waals surface area contributed by atoms with Gasteiger partial charge in [-0.05, 0) is 126 Å². The smallest absolute Gasteiger partial charge is 0.0720 e. The molecule has 13 rings (SSSR count). The van der Waals surface area contributed by atoms with E-state index in [-0.39, 0.29) is 0 Å². The molecule has 1 aliphatic carbocycles. The Morgan fingerprint density at radius 1 is 0.299 bits per heavy atom. The van der Waals surface area contributed by atoms with Crippen LogP contribution in [-0.4, -0.2) is 0 Å². The van der Waals surface area contributed by atoms with Crippen LogP contribution < -0.4 is 4.90 Å². The maximum Gasteiger partial charge on any atom is 0.0720 e. The standard InChI is InChI=1S/C65H43NS/c1-5-18-44(19-6-1)45-32-36-50(37-33-45)66(51-38-34-47(35-39-51)53-29-17-30-58-56-27-15-16-31-62(56)67-64(53)58)52-40-41-55-60-43-59(46-20-7-2-8-21-46)54-26-13-14-28-57(54)63(60)65(61(55)42-52,48-22-9-3-10-23-48)49-24-11-4-12-25-49/h1-43H. The van der Waals surface area contributed by atoms with Gasteiger partial charge in [0.1, 0.15) is 0 Å². The van der Waals surface area contributed by atoms with Crippen LogP contribution >= 0.6 is 11.3 Å². The lowest BCUT2D eigenvalue weighted by molar-refractivity contribution is 0.775. The Morgan fingerprint density at radius 2 is 0.791 bits per heavy atom. The molecule has 12 aromatic rings. The number of hydrogen-bond donors (Lipinski definition) is 0. The molecule has 1 aromatic heterocycles. The summed E-state index contributed by atoms with van der Waals surface area (Å²) in [5.74, 6) is 0. The van der Waals surface area contributed by atoms with Crippen molar-refractivity contribution in [2.24, 2.45) is 0 Å². The molecule has 314 valence electrons. The molecule has 67 heavy (non-hydrogen) atoms. The van der Waals surface area contributed by atoms with Crippen molar-refractivity contribution < 1.29 is 0 Å². The second-order valence-corrected chi connectivity index (χ2v) is 18.6. The van der Waals surface area contributed by atoms with Crippen molar-refractivity contribution in [2.75, 3.05) is 4.90 Å². The fourth-order valence-electron chi connectivity index (χ4n) is 11.0. The molecule has 2 heteroatoms. The van der Waals surface area contributed by atoms with Crippen LogP contribution in [0.15, 0.2) is 261 Å². The van der Waals surface area contributed by atoms with E-state index in [4.69, 9.17) is 0 Å². The molecule has 1 nitrogen and oxygen atoms in total. The summed E-state index contributed by atoms with van der Waals surface area (Å²) >= 11 is 1.88.